The molecule has 0 saturated carbocycles. The molecule has 1 amide bonds. The highest BCUT2D eigenvalue weighted by Crippen LogP contribution is 2.29. The van der Waals surface area contributed by atoms with E-state index in [1.165, 1.54) is 10.9 Å². The Morgan fingerprint density at radius 2 is 2.08 bits per heavy atom. The van der Waals surface area contributed by atoms with E-state index in [1.807, 2.05) is 18.5 Å². The summed E-state index contributed by atoms with van der Waals surface area (Å²) in [6.07, 6.45) is 3.30. The van der Waals surface area contributed by atoms with Gasteiger partial charge in [0.15, 0.2) is 23.1 Å². The van der Waals surface area contributed by atoms with E-state index in [9.17, 15) is 19.5 Å². The predicted octanol–water partition coefficient (Wildman–Crippen LogP) is 2.06. The minimum atomic E-state index is -1.45. The van der Waals surface area contributed by atoms with Crippen LogP contribution in [-0.4, -0.2) is 58.8 Å². The first-order chi connectivity index (χ1) is 17.3. The van der Waals surface area contributed by atoms with E-state index in [2.05, 4.69) is 24.8 Å². The number of nitrogens with zero attached hydrogens (tertiary/aromatic N) is 7. The van der Waals surface area contributed by atoms with Crippen LogP contribution in [0, 0.1) is 18.7 Å². The van der Waals surface area contributed by atoms with E-state index in [4.69, 9.17) is 0 Å². The number of anilines is 2. The Morgan fingerprint density at radius 3 is 2.75 bits per heavy atom. The van der Waals surface area contributed by atoms with E-state index >= 15 is 4.39 Å². The molecule has 0 spiro atoms. The second kappa shape index (κ2) is 9.11. The second-order valence-corrected chi connectivity index (χ2v) is 9.18. The number of carboxylic acid groups (broad SMARTS) is 1. The van der Waals surface area contributed by atoms with Gasteiger partial charge >= 0.3 is 5.97 Å². The molecule has 14 heteroatoms. The van der Waals surface area contributed by atoms with E-state index in [-0.39, 0.29) is 41.0 Å². The van der Waals surface area contributed by atoms with Crippen LogP contribution in [0.2, 0.25) is 0 Å². The summed E-state index contributed by atoms with van der Waals surface area (Å²) in [5.41, 5.74) is -0.404. The molecule has 0 aliphatic carbocycles. The highest BCUT2D eigenvalue weighted by molar-refractivity contribution is 7.08. The average molecular weight is 513 g/mol. The highest BCUT2D eigenvalue weighted by atomic mass is 32.1. The number of pyridine rings is 2. The van der Waals surface area contributed by atoms with Gasteiger partial charge in [-0.3, -0.25) is 18.8 Å². The molecule has 0 aromatic carbocycles. The van der Waals surface area contributed by atoms with Crippen molar-refractivity contribution in [3.63, 3.8) is 0 Å². The highest BCUT2D eigenvalue weighted by Gasteiger charge is 2.36. The molecule has 0 atom stereocenters. The molecule has 0 unspecified atom stereocenters. The molecule has 186 valence electrons. The molecule has 1 aliphatic heterocycles. The largest absolute Gasteiger partial charge is 0.477 e. The summed E-state index contributed by atoms with van der Waals surface area (Å²) < 4.78 is 22.1. The van der Waals surface area contributed by atoms with Crippen molar-refractivity contribution in [2.75, 3.05) is 23.3 Å². The Kier molecular flexibility index (Phi) is 5.96. The lowest BCUT2D eigenvalue weighted by Crippen LogP contribution is -2.52. The smallest absolute Gasteiger partial charge is 0.341 e. The van der Waals surface area contributed by atoms with E-state index < -0.39 is 28.7 Å². The first kappa shape index (κ1) is 23.5. The van der Waals surface area contributed by atoms with Crippen molar-refractivity contribution >= 4 is 46.1 Å². The van der Waals surface area contributed by atoms with Gasteiger partial charge < -0.3 is 15.3 Å². The Hall–Kier alpha value is -4.20. The molecule has 5 heterocycles. The lowest BCUT2D eigenvalue weighted by molar-refractivity contribution is -0.120. The number of hydrogen-bond acceptors (Lipinski definition) is 9. The molecule has 0 radical (unpaired) electrons. The molecule has 36 heavy (non-hydrogen) atoms. The normalized spacial score (nSPS) is 13.7. The Morgan fingerprint density at radius 1 is 1.31 bits per heavy atom. The fraction of sp³-hybridized carbons (Fsp3) is 0.318. The Labute approximate surface area is 207 Å². The van der Waals surface area contributed by atoms with Crippen molar-refractivity contribution in [3.05, 3.63) is 52.0 Å². The summed E-state index contributed by atoms with van der Waals surface area (Å²) in [5.74, 6) is -2.46. The molecule has 12 nitrogen and oxygen atoms in total. The zero-order valence-electron chi connectivity index (χ0n) is 19.3. The summed E-state index contributed by atoms with van der Waals surface area (Å²) in [5, 5.41) is 16.7. The fourth-order valence-electron chi connectivity index (χ4n) is 4.06. The van der Waals surface area contributed by atoms with Crippen LogP contribution in [0.4, 0.5) is 16.0 Å². The molecule has 4 aromatic heterocycles. The number of halogens is 1. The van der Waals surface area contributed by atoms with E-state index in [1.54, 1.807) is 11.0 Å². The number of aromatic nitrogens is 6. The fourth-order valence-corrected chi connectivity index (χ4v) is 4.57. The summed E-state index contributed by atoms with van der Waals surface area (Å²) in [4.78, 5) is 46.9. The van der Waals surface area contributed by atoms with Crippen molar-refractivity contribution in [3.8, 4) is 5.13 Å². The van der Waals surface area contributed by atoms with Gasteiger partial charge in [-0.1, -0.05) is 6.92 Å². The quantitative estimate of drug-likeness (QED) is 0.380. The topological polar surface area (TPSA) is 148 Å². The lowest BCUT2D eigenvalue weighted by atomic mass is 9.99. The zero-order valence-corrected chi connectivity index (χ0v) is 20.1. The third-order valence-electron chi connectivity index (χ3n) is 5.92. The number of carboxylic acids is 1. The molecular formula is C22H21FN8O4S. The van der Waals surface area contributed by atoms with Gasteiger partial charge in [0, 0.05) is 49.1 Å². The molecule has 1 fully saturated rings. The van der Waals surface area contributed by atoms with Crippen LogP contribution >= 0.6 is 11.5 Å². The van der Waals surface area contributed by atoms with E-state index in [0.717, 1.165) is 42.5 Å². The minimum Gasteiger partial charge on any atom is -0.477 e. The maximum Gasteiger partial charge on any atom is 0.341 e. The van der Waals surface area contributed by atoms with Gasteiger partial charge in [0.2, 0.25) is 16.5 Å². The monoisotopic (exact) mass is 512 g/mol. The lowest BCUT2D eigenvalue weighted by Gasteiger charge is -2.39. The Balaban J connectivity index is 1.41. The first-order valence-electron chi connectivity index (χ1n) is 11.1. The van der Waals surface area contributed by atoms with Crippen LogP contribution in [0.3, 0.4) is 0 Å². The first-order valence-corrected chi connectivity index (χ1v) is 11.9. The number of carbonyl (C=O) groups excluding carboxylic acids is 1. The third kappa shape index (κ3) is 4.08. The van der Waals surface area contributed by atoms with Crippen molar-refractivity contribution in [1.82, 2.24) is 28.7 Å². The summed E-state index contributed by atoms with van der Waals surface area (Å²) >= 11 is 0.965. The van der Waals surface area contributed by atoms with Crippen LogP contribution in [0.15, 0.2) is 29.5 Å². The standard InChI is InChI=1S/C22H21FN8O4S/c1-3-4-31-11(2)5-16(28-31)26-20(33)12-7-29(8-12)19-15(23)6-13-17(32)14(21(34)35)9-30(18(13)27-19)22-24-10-25-36-22/h5-6,9-10,12H,3-4,7-8H2,1-2H3,(H,34,35)(H,26,28,33). The third-order valence-corrected chi connectivity index (χ3v) is 6.58. The molecule has 4 aromatic rings. The average Bonchev–Trinajstić information content (AvgIpc) is 3.44. The molecule has 0 bridgehead atoms. The number of nitrogens with one attached hydrogen (secondary N) is 1. The van der Waals surface area contributed by atoms with Gasteiger partial charge in [-0.2, -0.15) is 9.47 Å². The molecule has 1 saturated heterocycles. The molecule has 2 N–H and O–H groups in total. The van der Waals surface area contributed by atoms with Gasteiger partial charge in [-0.05, 0) is 19.4 Å². The minimum absolute atomic E-state index is 0.0444. The van der Waals surface area contributed by atoms with Crippen LogP contribution in [0.25, 0.3) is 16.2 Å². The van der Waals surface area contributed by atoms with Crippen LogP contribution in [0.5, 0.6) is 0 Å². The SMILES string of the molecule is CCCn1nc(NC(=O)C2CN(c3nc4c(cc3F)c(=O)c(C(=O)O)cn4-c3ncns3)C2)cc1C. The number of carbonyl (C=O) groups is 2. The Bertz CT molecular complexity index is 1540. The van der Waals surface area contributed by atoms with Crippen molar-refractivity contribution in [1.29, 1.82) is 0 Å². The molecule has 1 aliphatic rings. The van der Waals surface area contributed by atoms with Crippen molar-refractivity contribution in [2.24, 2.45) is 5.92 Å². The number of fused-ring (bicyclic) bond motifs is 1. The summed E-state index contributed by atoms with van der Waals surface area (Å²) in [6.45, 7) is 5.14. The summed E-state index contributed by atoms with van der Waals surface area (Å²) in [7, 11) is 0. The maximum absolute atomic E-state index is 15.0. The predicted molar refractivity (Wildman–Crippen MR) is 129 cm³/mol. The zero-order chi connectivity index (χ0) is 25.6. The van der Waals surface area contributed by atoms with Crippen LogP contribution in [-0.2, 0) is 11.3 Å². The number of aromatic carboxylic acids is 1. The van der Waals surface area contributed by atoms with Gasteiger partial charge in [-0.15, -0.1) is 0 Å². The van der Waals surface area contributed by atoms with Crippen molar-refractivity contribution in [2.45, 2.75) is 26.8 Å². The van der Waals surface area contributed by atoms with Crippen molar-refractivity contribution < 1.29 is 19.1 Å². The van der Waals surface area contributed by atoms with E-state index in [0.29, 0.717) is 5.82 Å². The summed E-state index contributed by atoms with van der Waals surface area (Å²) in [6, 6.07) is 2.77. The molecular weight excluding hydrogens is 491 g/mol. The maximum atomic E-state index is 15.0. The van der Waals surface area contributed by atoms with Gasteiger partial charge in [-0.25, -0.2) is 19.2 Å². The van der Waals surface area contributed by atoms with Gasteiger partial charge in [0.1, 0.15) is 11.9 Å². The number of hydrogen-bond donors (Lipinski definition) is 2. The van der Waals surface area contributed by atoms with Crippen LogP contribution < -0.4 is 15.6 Å². The number of rotatable bonds is 7. The van der Waals surface area contributed by atoms with Crippen LogP contribution in [0.1, 0.15) is 29.4 Å². The number of amides is 1. The second-order valence-electron chi connectivity index (χ2n) is 8.42. The van der Waals surface area contributed by atoms with Gasteiger partial charge in [0.25, 0.3) is 0 Å². The molecule has 5 rings (SSSR count). The number of aryl methyl sites for hydroxylation is 2. The van der Waals surface area contributed by atoms with Gasteiger partial charge in [0.05, 0.1) is 11.3 Å².